The summed E-state index contributed by atoms with van der Waals surface area (Å²) in [5, 5.41) is 21.8. The smallest absolute Gasteiger partial charge is 0.0608 e. The van der Waals surface area contributed by atoms with Gasteiger partial charge in [0.25, 0.3) is 0 Å². The van der Waals surface area contributed by atoms with Crippen LogP contribution < -0.4 is 0 Å². The maximum absolute atomic E-state index is 10.9. The number of hydrogen-bond donors (Lipinski definition) is 2. The molecule has 2 nitrogen and oxygen atoms in total. The Kier molecular flexibility index (Phi) is 7.74. The third-order valence-corrected chi connectivity index (χ3v) is 9.02. The minimum atomic E-state index is -0.227. The lowest BCUT2D eigenvalue weighted by Gasteiger charge is -2.51. The van der Waals surface area contributed by atoms with E-state index in [9.17, 15) is 10.2 Å². The fraction of sp³-hybridized carbons (Fsp3) is 0.600. The minimum Gasteiger partial charge on any atom is -0.392 e. The summed E-state index contributed by atoms with van der Waals surface area (Å²) >= 11 is 0. The van der Waals surface area contributed by atoms with Gasteiger partial charge in [-0.3, -0.25) is 0 Å². The second-order valence-corrected chi connectivity index (χ2v) is 10.8. The summed E-state index contributed by atoms with van der Waals surface area (Å²) in [7, 11) is 0. The number of rotatable bonds is 7. The first kappa shape index (κ1) is 23.5. The molecule has 2 aliphatic rings. The lowest BCUT2D eigenvalue weighted by molar-refractivity contribution is -0.0300. The van der Waals surface area contributed by atoms with E-state index in [0.717, 1.165) is 38.5 Å². The van der Waals surface area contributed by atoms with Gasteiger partial charge in [-0.05, 0) is 73.3 Å². The molecule has 0 aromatic heterocycles. The molecule has 2 aromatic carbocycles. The van der Waals surface area contributed by atoms with Crippen LogP contribution >= 0.6 is 0 Å². The molecule has 2 fully saturated rings. The van der Waals surface area contributed by atoms with Gasteiger partial charge < -0.3 is 10.2 Å². The molecule has 2 saturated carbocycles. The third kappa shape index (κ3) is 4.97. The lowest BCUT2D eigenvalue weighted by Crippen LogP contribution is -2.44. The lowest BCUT2D eigenvalue weighted by atomic mass is 9.54. The Morgan fingerprint density at radius 3 is 1.56 bits per heavy atom. The van der Waals surface area contributed by atoms with Crippen molar-refractivity contribution in [2.24, 2.45) is 17.3 Å². The van der Waals surface area contributed by atoms with Crippen molar-refractivity contribution >= 4 is 0 Å². The average Bonchev–Trinajstić information content (AvgIpc) is 2.84. The highest BCUT2D eigenvalue weighted by Crippen LogP contribution is 2.55. The number of unbranched alkanes of at least 4 members (excludes halogenated alkanes) is 1. The van der Waals surface area contributed by atoms with Crippen LogP contribution in [-0.4, -0.2) is 22.4 Å². The summed E-state index contributed by atoms with van der Waals surface area (Å²) in [6, 6.07) is 21.3. The van der Waals surface area contributed by atoms with Gasteiger partial charge in [-0.25, -0.2) is 0 Å². The molecule has 6 atom stereocenters. The second-order valence-electron chi connectivity index (χ2n) is 10.8. The van der Waals surface area contributed by atoms with Crippen molar-refractivity contribution in [3.05, 3.63) is 71.8 Å². The van der Waals surface area contributed by atoms with Crippen LogP contribution in [0.2, 0.25) is 0 Å². The molecule has 0 radical (unpaired) electrons. The van der Waals surface area contributed by atoms with Gasteiger partial charge in [-0.1, -0.05) is 87.4 Å². The molecule has 0 heterocycles. The standard InChI is InChI=1S/C30H42O2/c1-3-4-19-30(2,24-15-17-28(31)26(20-24)22-11-7-5-8-12-22)25-16-18-29(32)27(21-25)23-13-9-6-10-14-23/h5-14,24-29,31-32H,3-4,15-21H2,1-2H3. The number of benzene rings is 2. The van der Waals surface area contributed by atoms with E-state index in [1.165, 1.54) is 30.4 Å². The highest BCUT2D eigenvalue weighted by Gasteiger charge is 2.47. The van der Waals surface area contributed by atoms with Crippen LogP contribution in [0.1, 0.15) is 94.6 Å². The van der Waals surface area contributed by atoms with Gasteiger partial charge in [-0.15, -0.1) is 0 Å². The summed E-state index contributed by atoms with van der Waals surface area (Å²) in [6.07, 6.45) is 9.52. The van der Waals surface area contributed by atoms with Crippen LogP contribution in [0.25, 0.3) is 0 Å². The Morgan fingerprint density at radius 2 is 1.16 bits per heavy atom. The zero-order valence-corrected chi connectivity index (χ0v) is 20.0. The molecule has 2 N–H and O–H groups in total. The summed E-state index contributed by atoms with van der Waals surface area (Å²) < 4.78 is 0. The third-order valence-electron chi connectivity index (χ3n) is 9.02. The molecular formula is C30H42O2. The second kappa shape index (κ2) is 10.5. The van der Waals surface area contributed by atoms with E-state index in [4.69, 9.17) is 0 Å². The van der Waals surface area contributed by atoms with Gasteiger partial charge in [0.1, 0.15) is 0 Å². The molecule has 32 heavy (non-hydrogen) atoms. The predicted octanol–water partition coefficient (Wildman–Crippen LogP) is 7.07. The summed E-state index contributed by atoms with van der Waals surface area (Å²) in [5.74, 6) is 1.74. The summed E-state index contributed by atoms with van der Waals surface area (Å²) in [5.41, 5.74) is 2.85. The fourth-order valence-electron chi connectivity index (χ4n) is 6.92. The highest BCUT2D eigenvalue weighted by molar-refractivity contribution is 5.23. The quantitative estimate of drug-likeness (QED) is 0.489. The van der Waals surface area contributed by atoms with Gasteiger partial charge in [-0.2, -0.15) is 0 Å². The van der Waals surface area contributed by atoms with Gasteiger partial charge in [0.15, 0.2) is 0 Å². The van der Waals surface area contributed by atoms with Gasteiger partial charge in [0.05, 0.1) is 12.2 Å². The van der Waals surface area contributed by atoms with Crippen molar-refractivity contribution in [2.75, 3.05) is 0 Å². The van der Waals surface area contributed by atoms with Crippen molar-refractivity contribution < 1.29 is 10.2 Å². The summed E-state index contributed by atoms with van der Waals surface area (Å²) in [4.78, 5) is 0. The molecule has 4 rings (SSSR count). The molecule has 174 valence electrons. The molecular weight excluding hydrogens is 392 g/mol. The van der Waals surface area contributed by atoms with E-state index in [1.807, 2.05) is 0 Å². The topological polar surface area (TPSA) is 40.5 Å². The van der Waals surface area contributed by atoms with E-state index >= 15 is 0 Å². The molecule has 2 aliphatic carbocycles. The Hall–Kier alpha value is -1.64. The molecule has 6 unspecified atom stereocenters. The zero-order valence-electron chi connectivity index (χ0n) is 20.0. The van der Waals surface area contributed by atoms with E-state index < -0.39 is 0 Å². The zero-order chi connectivity index (χ0) is 22.6. The van der Waals surface area contributed by atoms with Crippen molar-refractivity contribution in [3.63, 3.8) is 0 Å². The van der Waals surface area contributed by atoms with Crippen LogP contribution in [0, 0.1) is 17.3 Å². The first-order valence-corrected chi connectivity index (χ1v) is 13.0. The van der Waals surface area contributed by atoms with Gasteiger partial charge >= 0.3 is 0 Å². The highest BCUT2D eigenvalue weighted by atomic mass is 16.3. The van der Waals surface area contributed by atoms with Crippen molar-refractivity contribution in [2.45, 2.75) is 95.7 Å². The Balaban J connectivity index is 1.58. The van der Waals surface area contributed by atoms with Crippen LogP contribution in [-0.2, 0) is 0 Å². The maximum atomic E-state index is 10.9. The SMILES string of the molecule is CCCCC(C)(C1CCC(O)C(c2ccccc2)C1)C1CCC(O)C(c2ccccc2)C1. The van der Waals surface area contributed by atoms with Crippen molar-refractivity contribution in [3.8, 4) is 0 Å². The van der Waals surface area contributed by atoms with E-state index in [1.54, 1.807) is 0 Å². The molecule has 0 spiro atoms. The number of hydrogen-bond acceptors (Lipinski definition) is 2. The minimum absolute atomic E-state index is 0.227. The van der Waals surface area contributed by atoms with Crippen LogP contribution in [0.4, 0.5) is 0 Å². The Bertz CT molecular complexity index is 754. The average molecular weight is 435 g/mol. The van der Waals surface area contributed by atoms with Gasteiger partial charge in [0, 0.05) is 11.8 Å². The molecule has 0 aliphatic heterocycles. The van der Waals surface area contributed by atoms with E-state index in [-0.39, 0.29) is 29.5 Å². The Labute approximate surface area is 195 Å². The van der Waals surface area contributed by atoms with Crippen molar-refractivity contribution in [1.82, 2.24) is 0 Å². The first-order chi connectivity index (χ1) is 15.5. The van der Waals surface area contributed by atoms with Crippen molar-refractivity contribution in [1.29, 1.82) is 0 Å². The largest absolute Gasteiger partial charge is 0.392 e. The predicted molar refractivity (Wildman–Crippen MR) is 133 cm³/mol. The molecule has 2 heteroatoms. The van der Waals surface area contributed by atoms with Crippen LogP contribution in [0.15, 0.2) is 60.7 Å². The first-order valence-electron chi connectivity index (χ1n) is 13.0. The molecule has 0 bridgehead atoms. The summed E-state index contributed by atoms with van der Waals surface area (Å²) in [6.45, 7) is 4.85. The van der Waals surface area contributed by atoms with Crippen LogP contribution in [0.5, 0.6) is 0 Å². The molecule has 0 amide bonds. The maximum Gasteiger partial charge on any atom is 0.0608 e. The molecule has 2 aromatic rings. The normalized spacial score (nSPS) is 32.9. The molecule has 0 saturated heterocycles. The Morgan fingerprint density at radius 1 is 0.719 bits per heavy atom. The van der Waals surface area contributed by atoms with E-state index in [0.29, 0.717) is 11.8 Å². The van der Waals surface area contributed by atoms with E-state index in [2.05, 4.69) is 74.5 Å². The van der Waals surface area contributed by atoms with Crippen LogP contribution in [0.3, 0.4) is 0 Å². The fourth-order valence-corrected chi connectivity index (χ4v) is 6.92. The monoisotopic (exact) mass is 434 g/mol. The number of aliphatic hydroxyl groups excluding tert-OH is 2. The number of aliphatic hydroxyl groups is 2. The van der Waals surface area contributed by atoms with Gasteiger partial charge in [0.2, 0.25) is 0 Å².